The molecule has 0 rings (SSSR count). The number of alkyl halides is 3. The second kappa shape index (κ2) is 9.21. The van der Waals surface area contributed by atoms with Gasteiger partial charge in [-0.3, -0.25) is 4.79 Å². The summed E-state index contributed by atoms with van der Waals surface area (Å²) in [5, 5.41) is 8.54. The van der Waals surface area contributed by atoms with Crippen LogP contribution in [0.3, 0.4) is 0 Å². The lowest BCUT2D eigenvalue weighted by Crippen LogP contribution is -2.26. The summed E-state index contributed by atoms with van der Waals surface area (Å²) in [6.07, 6.45) is -0.526. The van der Waals surface area contributed by atoms with Crippen LogP contribution in [0, 0.1) is 11.8 Å². The Hall–Kier alpha value is -0.740. The first-order valence-corrected chi connectivity index (χ1v) is 7.09. The number of rotatable bonds is 10. The van der Waals surface area contributed by atoms with Gasteiger partial charge in [-0.1, -0.05) is 46.0 Å². The van der Waals surface area contributed by atoms with E-state index in [1.54, 1.807) is 0 Å². The predicted molar refractivity (Wildman–Crippen MR) is 69.0 cm³/mol. The van der Waals surface area contributed by atoms with Crippen LogP contribution in [-0.2, 0) is 4.79 Å². The van der Waals surface area contributed by atoms with E-state index in [1.165, 1.54) is 0 Å². The van der Waals surface area contributed by atoms with Gasteiger partial charge in [0.1, 0.15) is 0 Å². The Morgan fingerprint density at radius 1 is 1.11 bits per heavy atom. The van der Waals surface area contributed by atoms with Crippen LogP contribution in [0.2, 0.25) is 0 Å². The second-order valence-electron chi connectivity index (χ2n) is 5.20. The van der Waals surface area contributed by atoms with Crippen LogP contribution in [0.15, 0.2) is 0 Å². The smallest absolute Gasteiger partial charge is 0.391 e. The Kier molecular flexibility index (Phi) is 8.85. The van der Waals surface area contributed by atoms with Crippen LogP contribution < -0.4 is 0 Å². The molecule has 2 atom stereocenters. The fourth-order valence-corrected chi connectivity index (χ4v) is 2.40. The van der Waals surface area contributed by atoms with Gasteiger partial charge in [0.15, 0.2) is 0 Å². The molecule has 0 fully saturated rings. The fraction of sp³-hybridized carbons (Fsp3) is 0.929. The van der Waals surface area contributed by atoms with E-state index in [0.29, 0.717) is 0 Å². The summed E-state index contributed by atoms with van der Waals surface area (Å²) < 4.78 is 38.7. The van der Waals surface area contributed by atoms with Gasteiger partial charge in [0.2, 0.25) is 0 Å². The predicted octanol–water partition coefficient (Wildman–Crippen LogP) is 5.03. The van der Waals surface area contributed by atoms with E-state index in [-0.39, 0.29) is 18.8 Å². The molecule has 0 aliphatic carbocycles. The first-order chi connectivity index (χ1) is 8.81. The molecule has 0 aromatic rings. The molecule has 0 aliphatic rings. The molecule has 0 aromatic carbocycles. The van der Waals surface area contributed by atoms with Gasteiger partial charge in [0, 0.05) is 6.42 Å². The summed E-state index contributed by atoms with van der Waals surface area (Å²) >= 11 is 0. The maximum Gasteiger partial charge on any atom is 0.391 e. The zero-order valence-corrected chi connectivity index (χ0v) is 11.8. The molecule has 0 saturated heterocycles. The molecule has 0 aliphatic heterocycles. The van der Waals surface area contributed by atoms with E-state index in [0.717, 1.165) is 32.1 Å². The van der Waals surface area contributed by atoms with Crippen LogP contribution in [0.4, 0.5) is 13.2 Å². The molecule has 0 amide bonds. The fourth-order valence-electron chi connectivity index (χ4n) is 2.40. The average molecular weight is 282 g/mol. The number of carboxylic acids is 1. The van der Waals surface area contributed by atoms with Gasteiger partial charge in [0.25, 0.3) is 0 Å². The van der Waals surface area contributed by atoms with Gasteiger partial charge in [-0.25, -0.2) is 0 Å². The van der Waals surface area contributed by atoms with Crippen molar-refractivity contribution in [2.45, 2.75) is 71.4 Å². The quantitative estimate of drug-likeness (QED) is 0.610. The Bertz CT molecular complexity index is 252. The highest BCUT2D eigenvalue weighted by atomic mass is 19.4. The Morgan fingerprint density at radius 2 is 1.74 bits per heavy atom. The summed E-state index contributed by atoms with van der Waals surface area (Å²) in [5.74, 6) is -2.57. The molecular weight excluding hydrogens is 257 g/mol. The lowest BCUT2D eigenvalue weighted by atomic mass is 9.85. The normalized spacial score (nSPS) is 15.2. The summed E-state index contributed by atoms with van der Waals surface area (Å²) in [7, 11) is 0. The lowest BCUT2D eigenvalue weighted by molar-refractivity contribution is -0.182. The van der Waals surface area contributed by atoms with Crippen LogP contribution in [0.1, 0.15) is 65.2 Å². The summed E-state index contributed by atoms with van der Waals surface area (Å²) in [6, 6.07) is 0. The van der Waals surface area contributed by atoms with E-state index >= 15 is 0 Å². The molecule has 0 aromatic heterocycles. The molecule has 114 valence electrons. The van der Waals surface area contributed by atoms with Crippen LogP contribution in [0.25, 0.3) is 0 Å². The molecule has 0 bridgehead atoms. The summed E-state index contributed by atoms with van der Waals surface area (Å²) in [5.41, 5.74) is 0. The molecule has 0 heterocycles. The maximum absolute atomic E-state index is 12.9. The molecule has 2 nitrogen and oxygen atoms in total. The van der Waals surface area contributed by atoms with Gasteiger partial charge in [0.05, 0.1) is 5.92 Å². The van der Waals surface area contributed by atoms with Crippen molar-refractivity contribution in [1.29, 1.82) is 0 Å². The average Bonchev–Trinajstić information content (AvgIpc) is 2.29. The highest BCUT2D eigenvalue weighted by Crippen LogP contribution is 2.37. The SMILES string of the molecule is CCCCC(CCC)CC(CCC(=O)O)C(F)(F)F. The summed E-state index contributed by atoms with van der Waals surface area (Å²) in [6.45, 7) is 3.99. The van der Waals surface area contributed by atoms with E-state index in [1.807, 2.05) is 13.8 Å². The minimum atomic E-state index is -4.28. The number of carbonyl (C=O) groups is 1. The number of aliphatic carboxylic acids is 1. The monoisotopic (exact) mass is 282 g/mol. The third kappa shape index (κ3) is 8.89. The number of hydrogen-bond donors (Lipinski definition) is 1. The Balaban J connectivity index is 4.51. The molecule has 1 N–H and O–H groups in total. The third-order valence-electron chi connectivity index (χ3n) is 3.45. The molecule has 0 spiro atoms. The molecule has 5 heteroatoms. The van der Waals surface area contributed by atoms with Gasteiger partial charge in [-0.2, -0.15) is 13.2 Å². The zero-order chi connectivity index (χ0) is 14.9. The van der Waals surface area contributed by atoms with Crippen LogP contribution in [0.5, 0.6) is 0 Å². The van der Waals surface area contributed by atoms with Gasteiger partial charge in [-0.05, 0) is 18.8 Å². The first kappa shape index (κ1) is 18.3. The molecule has 0 saturated carbocycles. The van der Waals surface area contributed by atoms with E-state index in [2.05, 4.69) is 0 Å². The van der Waals surface area contributed by atoms with E-state index in [9.17, 15) is 18.0 Å². The van der Waals surface area contributed by atoms with Gasteiger partial charge >= 0.3 is 12.1 Å². The number of hydrogen-bond acceptors (Lipinski definition) is 1. The van der Waals surface area contributed by atoms with Crippen molar-refractivity contribution in [2.75, 3.05) is 0 Å². The first-order valence-electron chi connectivity index (χ1n) is 7.09. The van der Waals surface area contributed by atoms with Crippen molar-refractivity contribution in [1.82, 2.24) is 0 Å². The van der Waals surface area contributed by atoms with Crippen LogP contribution in [-0.4, -0.2) is 17.3 Å². The maximum atomic E-state index is 12.9. The third-order valence-corrected chi connectivity index (χ3v) is 3.45. The van der Waals surface area contributed by atoms with Crippen molar-refractivity contribution >= 4 is 5.97 Å². The topological polar surface area (TPSA) is 37.3 Å². The molecule has 2 unspecified atom stereocenters. The second-order valence-corrected chi connectivity index (χ2v) is 5.20. The van der Waals surface area contributed by atoms with Crippen molar-refractivity contribution in [3.8, 4) is 0 Å². The molecule has 19 heavy (non-hydrogen) atoms. The molecule has 0 radical (unpaired) electrons. The molecular formula is C14H25F3O2. The highest BCUT2D eigenvalue weighted by molar-refractivity contribution is 5.66. The minimum absolute atomic E-state index is 0.0605. The Morgan fingerprint density at radius 3 is 2.16 bits per heavy atom. The number of halogens is 3. The van der Waals surface area contributed by atoms with Crippen molar-refractivity contribution in [3.63, 3.8) is 0 Å². The zero-order valence-electron chi connectivity index (χ0n) is 11.8. The van der Waals surface area contributed by atoms with Crippen LogP contribution >= 0.6 is 0 Å². The minimum Gasteiger partial charge on any atom is -0.481 e. The summed E-state index contributed by atoms with van der Waals surface area (Å²) in [4.78, 5) is 10.4. The van der Waals surface area contributed by atoms with Crippen molar-refractivity contribution in [3.05, 3.63) is 0 Å². The standard InChI is InChI=1S/C14H25F3O2/c1-3-5-7-11(6-4-2)10-12(14(15,16)17)8-9-13(18)19/h11-12H,3-10H2,1-2H3,(H,18,19). The van der Waals surface area contributed by atoms with E-state index in [4.69, 9.17) is 5.11 Å². The number of unbranched alkanes of at least 4 members (excludes halogenated alkanes) is 1. The Labute approximate surface area is 113 Å². The van der Waals surface area contributed by atoms with Crippen molar-refractivity contribution in [2.24, 2.45) is 11.8 Å². The van der Waals surface area contributed by atoms with Gasteiger partial charge in [-0.15, -0.1) is 0 Å². The van der Waals surface area contributed by atoms with Gasteiger partial charge < -0.3 is 5.11 Å². The highest BCUT2D eigenvalue weighted by Gasteiger charge is 2.40. The lowest BCUT2D eigenvalue weighted by Gasteiger charge is -2.25. The number of carboxylic acid groups (broad SMARTS) is 1. The van der Waals surface area contributed by atoms with E-state index < -0.39 is 24.5 Å². The largest absolute Gasteiger partial charge is 0.481 e. The van der Waals surface area contributed by atoms with Crippen molar-refractivity contribution < 1.29 is 23.1 Å².